The van der Waals surface area contributed by atoms with Gasteiger partial charge in [-0.15, -0.1) is 0 Å². The molecular weight excluding hydrogens is 276 g/mol. The number of sulfonamides is 1. The highest BCUT2D eigenvalue weighted by molar-refractivity contribution is 7.89. The number of nitrogens with two attached hydrogens (primary N) is 1. The first-order chi connectivity index (χ1) is 9.38. The van der Waals surface area contributed by atoms with Crippen molar-refractivity contribution in [3.63, 3.8) is 0 Å². The molecule has 1 saturated heterocycles. The van der Waals surface area contributed by atoms with Gasteiger partial charge in [-0.2, -0.15) is 4.31 Å². The predicted octanol–water partition coefficient (Wildman–Crippen LogP) is 1.71. The Balaban J connectivity index is 1.88. The van der Waals surface area contributed by atoms with Gasteiger partial charge in [0.2, 0.25) is 10.0 Å². The molecule has 0 aromatic heterocycles. The van der Waals surface area contributed by atoms with Crippen molar-refractivity contribution in [2.24, 2.45) is 5.92 Å². The molecule has 1 aromatic rings. The summed E-state index contributed by atoms with van der Waals surface area (Å²) in [5.74, 6) is 1.07. The molecule has 2 atom stereocenters. The second-order valence-electron chi connectivity index (χ2n) is 5.49. The van der Waals surface area contributed by atoms with E-state index in [-0.39, 0.29) is 18.4 Å². The van der Waals surface area contributed by atoms with Crippen molar-refractivity contribution in [1.82, 2.24) is 4.31 Å². The number of ether oxygens (including phenoxy) is 1. The zero-order valence-corrected chi connectivity index (χ0v) is 12.8. The van der Waals surface area contributed by atoms with E-state index in [1.165, 1.54) is 0 Å². The molecule has 5 nitrogen and oxygen atoms in total. The molecule has 1 heterocycles. The molecule has 0 spiro atoms. The van der Waals surface area contributed by atoms with E-state index in [2.05, 4.69) is 6.92 Å². The monoisotopic (exact) mass is 298 g/mol. The van der Waals surface area contributed by atoms with E-state index >= 15 is 0 Å². The van der Waals surface area contributed by atoms with Gasteiger partial charge in [-0.1, -0.05) is 6.92 Å². The van der Waals surface area contributed by atoms with E-state index in [1.807, 2.05) is 6.92 Å². The summed E-state index contributed by atoms with van der Waals surface area (Å²) in [4.78, 5) is 0. The molecule has 112 valence electrons. The lowest BCUT2D eigenvalue weighted by atomic mass is 10.1. The van der Waals surface area contributed by atoms with Crippen LogP contribution in [0.15, 0.2) is 24.3 Å². The van der Waals surface area contributed by atoms with E-state index in [1.54, 1.807) is 28.6 Å². The van der Waals surface area contributed by atoms with Gasteiger partial charge in [-0.05, 0) is 43.5 Å². The number of benzene rings is 1. The molecule has 1 fully saturated rings. The first-order valence-corrected chi connectivity index (χ1v) is 8.47. The fourth-order valence-electron chi connectivity index (χ4n) is 2.60. The van der Waals surface area contributed by atoms with Gasteiger partial charge in [0.25, 0.3) is 0 Å². The molecule has 2 rings (SSSR count). The Morgan fingerprint density at radius 2 is 1.95 bits per heavy atom. The van der Waals surface area contributed by atoms with Gasteiger partial charge in [-0.25, -0.2) is 8.42 Å². The van der Waals surface area contributed by atoms with Crippen LogP contribution >= 0.6 is 0 Å². The highest BCUT2D eigenvalue weighted by Crippen LogP contribution is 2.25. The Morgan fingerprint density at radius 1 is 1.30 bits per heavy atom. The molecule has 2 unspecified atom stereocenters. The van der Waals surface area contributed by atoms with Crippen LogP contribution in [0, 0.1) is 5.92 Å². The first kappa shape index (κ1) is 15.1. The maximum Gasteiger partial charge on any atom is 0.217 e. The maximum atomic E-state index is 12.3. The molecule has 0 radical (unpaired) electrons. The molecule has 20 heavy (non-hydrogen) atoms. The van der Waals surface area contributed by atoms with Crippen LogP contribution in [0.1, 0.15) is 20.3 Å². The standard InChI is InChI=1S/C14H22N2O3S/c1-11-9-12(2)16(10-11)20(17,18)8-7-19-14-5-3-13(15)4-6-14/h3-6,11-12H,7-10,15H2,1-2H3. The third-order valence-corrected chi connectivity index (χ3v) is 5.48. The van der Waals surface area contributed by atoms with Crippen LogP contribution in [-0.4, -0.2) is 37.7 Å². The van der Waals surface area contributed by atoms with Gasteiger partial charge in [0.05, 0.1) is 5.75 Å². The average molecular weight is 298 g/mol. The summed E-state index contributed by atoms with van der Waals surface area (Å²) in [5, 5.41) is 0. The Morgan fingerprint density at radius 3 is 2.50 bits per heavy atom. The van der Waals surface area contributed by atoms with E-state index in [0.29, 0.717) is 23.9 Å². The lowest BCUT2D eigenvalue weighted by molar-refractivity contribution is 0.333. The smallest absolute Gasteiger partial charge is 0.217 e. The molecule has 0 aliphatic carbocycles. The van der Waals surface area contributed by atoms with Gasteiger partial charge in [0.15, 0.2) is 0 Å². The summed E-state index contributed by atoms with van der Waals surface area (Å²) in [6.07, 6.45) is 0.929. The SMILES string of the molecule is CC1CC(C)N(S(=O)(=O)CCOc2ccc(N)cc2)C1. The van der Waals surface area contributed by atoms with Gasteiger partial charge in [0, 0.05) is 18.3 Å². The zero-order chi connectivity index (χ0) is 14.8. The van der Waals surface area contributed by atoms with E-state index < -0.39 is 10.0 Å². The Hall–Kier alpha value is -1.27. The number of rotatable bonds is 5. The minimum Gasteiger partial charge on any atom is -0.492 e. The van der Waals surface area contributed by atoms with Gasteiger partial charge >= 0.3 is 0 Å². The fraction of sp³-hybridized carbons (Fsp3) is 0.571. The minimum absolute atomic E-state index is 0.00837. The van der Waals surface area contributed by atoms with E-state index in [0.717, 1.165) is 6.42 Å². The number of nitrogens with zero attached hydrogens (tertiary/aromatic N) is 1. The Labute approximate surface area is 120 Å². The van der Waals surface area contributed by atoms with Crippen molar-refractivity contribution < 1.29 is 13.2 Å². The molecule has 0 saturated carbocycles. The largest absolute Gasteiger partial charge is 0.492 e. The van der Waals surface area contributed by atoms with Gasteiger partial charge in [-0.3, -0.25) is 0 Å². The Kier molecular flexibility index (Phi) is 4.55. The Bertz CT molecular complexity index is 542. The summed E-state index contributed by atoms with van der Waals surface area (Å²) in [7, 11) is -3.24. The fourth-order valence-corrected chi connectivity index (χ4v) is 4.24. The van der Waals surface area contributed by atoms with Crippen molar-refractivity contribution >= 4 is 15.7 Å². The quantitative estimate of drug-likeness (QED) is 0.840. The number of hydrogen-bond acceptors (Lipinski definition) is 4. The van der Waals surface area contributed by atoms with E-state index in [4.69, 9.17) is 10.5 Å². The molecular formula is C14H22N2O3S. The summed E-state index contributed by atoms with van der Waals surface area (Å²) in [6.45, 7) is 4.81. The summed E-state index contributed by atoms with van der Waals surface area (Å²) in [5.41, 5.74) is 6.23. The number of hydrogen-bond donors (Lipinski definition) is 1. The molecule has 1 aromatic carbocycles. The van der Waals surface area contributed by atoms with Crippen LogP contribution in [0.5, 0.6) is 5.75 Å². The van der Waals surface area contributed by atoms with Crippen LogP contribution in [0.2, 0.25) is 0 Å². The third-order valence-electron chi connectivity index (χ3n) is 3.57. The van der Waals surface area contributed by atoms with Crippen LogP contribution < -0.4 is 10.5 Å². The molecule has 1 aliphatic rings. The van der Waals surface area contributed by atoms with Gasteiger partial charge < -0.3 is 10.5 Å². The predicted molar refractivity (Wildman–Crippen MR) is 80.1 cm³/mol. The van der Waals surface area contributed by atoms with Crippen LogP contribution in [-0.2, 0) is 10.0 Å². The molecule has 1 aliphatic heterocycles. The summed E-state index contributed by atoms with van der Waals surface area (Å²) in [6, 6.07) is 7.03. The number of anilines is 1. The summed E-state index contributed by atoms with van der Waals surface area (Å²) >= 11 is 0. The molecule has 0 bridgehead atoms. The van der Waals surface area contributed by atoms with Crippen molar-refractivity contribution in [2.75, 3.05) is 24.6 Å². The second-order valence-corrected chi connectivity index (χ2v) is 7.53. The lowest BCUT2D eigenvalue weighted by Crippen LogP contribution is -2.37. The molecule has 2 N–H and O–H groups in total. The van der Waals surface area contributed by atoms with Crippen molar-refractivity contribution in [1.29, 1.82) is 0 Å². The minimum atomic E-state index is -3.24. The molecule has 0 amide bonds. The lowest BCUT2D eigenvalue weighted by Gasteiger charge is -2.20. The van der Waals surface area contributed by atoms with Crippen molar-refractivity contribution in [2.45, 2.75) is 26.3 Å². The van der Waals surface area contributed by atoms with Crippen molar-refractivity contribution in [3.05, 3.63) is 24.3 Å². The van der Waals surface area contributed by atoms with E-state index in [9.17, 15) is 8.42 Å². The maximum absolute atomic E-state index is 12.3. The second kappa shape index (κ2) is 6.01. The summed E-state index contributed by atoms with van der Waals surface area (Å²) < 4.78 is 31.6. The normalized spacial score (nSPS) is 23.9. The number of nitrogen functional groups attached to an aromatic ring is 1. The van der Waals surface area contributed by atoms with Crippen molar-refractivity contribution in [3.8, 4) is 5.75 Å². The first-order valence-electron chi connectivity index (χ1n) is 6.86. The zero-order valence-electron chi connectivity index (χ0n) is 12.0. The average Bonchev–Trinajstić information content (AvgIpc) is 2.72. The highest BCUT2D eigenvalue weighted by Gasteiger charge is 2.34. The highest BCUT2D eigenvalue weighted by atomic mass is 32.2. The van der Waals surface area contributed by atoms with Crippen LogP contribution in [0.4, 0.5) is 5.69 Å². The topological polar surface area (TPSA) is 72.6 Å². The molecule has 6 heteroatoms. The van der Waals surface area contributed by atoms with Crippen LogP contribution in [0.25, 0.3) is 0 Å². The van der Waals surface area contributed by atoms with Crippen LogP contribution in [0.3, 0.4) is 0 Å². The third kappa shape index (κ3) is 3.64. The van der Waals surface area contributed by atoms with Gasteiger partial charge in [0.1, 0.15) is 12.4 Å².